The van der Waals surface area contributed by atoms with E-state index in [-0.39, 0.29) is 17.9 Å². The number of anilines is 1. The number of halogens is 1. The molecule has 2 aromatic rings. The fourth-order valence-electron chi connectivity index (χ4n) is 2.85. The first-order valence-electron chi connectivity index (χ1n) is 9.22. The standard InChI is InChI=1S/C22H25ClN2O2/c1-22(2,3)21(27)24-18-6-4-5-16(13-18)20(26)25-19(14-7-8-14)15-9-11-17(23)12-10-15/h4-6,9-14,19H,7-8H2,1-3H3,(H,24,27)(H,25,26). The van der Waals surface area contributed by atoms with Crippen molar-refractivity contribution in [2.24, 2.45) is 11.3 Å². The first-order valence-corrected chi connectivity index (χ1v) is 9.60. The molecule has 27 heavy (non-hydrogen) atoms. The highest BCUT2D eigenvalue weighted by Gasteiger charge is 2.33. The SMILES string of the molecule is CC(C)(C)C(=O)Nc1cccc(C(=O)NC(c2ccc(Cl)cc2)C2CC2)c1. The summed E-state index contributed by atoms with van der Waals surface area (Å²) in [4.78, 5) is 25.0. The van der Waals surface area contributed by atoms with Gasteiger partial charge in [-0.1, -0.05) is 50.6 Å². The fourth-order valence-corrected chi connectivity index (χ4v) is 2.98. The molecule has 1 aliphatic carbocycles. The summed E-state index contributed by atoms with van der Waals surface area (Å²) in [6.45, 7) is 5.56. The largest absolute Gasteiger partial charge is 0.345 e. The van der Waals surface area contributed by atoms with E-state index >= 15 is 0 Å². The minimum absolute atomic E-state index is 0.0254. The molecule has 0 radical (unpaired) electrons. The Morgan fingerprint density at radius 1 is 1.07 bits per heavy atom. The average Bonchev–Trinajstić information content (AvgIpc) is 3.45. The van der Waals surface area contributed by atoms with E-state index in [2.05, 4.69) is 10.6 Å². The number of carbonyl (C=O) groups excluding carboxylic acids is 2. The topological polar surface area (TPSA) is 58.2 Å². The van der Waals surface area contributed by atoms with Gasteiger partial charge in [-0.3, -0.25) is 9.59 Å². The lowest BCUT2D eigenvalue weighted by Crippen LogP contribution is -2.30. The van der Waals surface area contributed by atoms with Crippen molar-refractivity contribution < 1.29 is 9.59 Å². The lowest BCUT2D eigenvalue weighted by molar-refractivity contribution is -0.123. The predicted molar refractivity (Wildman–Crippen MR) is 109 cm³/mol. The van der Waals surface area contributed by atoms with E-state index in [9.17, 15) is 9.59 Å². The number of benzene rings is 2. The second-order valence-electron chi connectivity index (χ2n) is 8.13. The van der Waals surface area contributed by atoms with Gasteiger partial charge < -0.3 is 10.6 Å². The number of hydrogen-bond acceptors (Lipinski definition) is 2. The summed E-state index contributed by atoms with van der Waals surface area (Å²) in [5.41, 5.74) is 1.72. The Balaban J connectivity index is 1.74. The predicted octanol–water partition coefficient (Wildman–Crippen LogP) is 5.21. The van der Waals surface area contributed by atoms with Gasteiger partial charge in [-0.15, -0.1) is 0 Å². The molecule has 1 atom stereocenters. The third-order valence-corrected chi connectivity index (χ3v) is 4.92. The van der Waals surface area contributed by atoms with E-state index in [4.69, 9.17) is 11.6 Å². The molecular weight excluding hydrogens is 360 g/mol. The van der Waals surface area contributed by atoms with E-state index in [0.717, 1.165) is 18.4 Å². The third-order valence-electron chi connectivity index (χ3n) is 4.67. The van der Waals surface area contributed by atoms with Crippen LogP contribution in [0.2, 0.25) is 5.02 Å². The highest BCUT2D eigenvalue weighted by atomic mass is 35.5. The van der Waals surface area contributed by atoms with Crippen molar-refractivity contribution in [3.05, 3.63) is 64.7 Å². The summed E-state index contributed by atoms with van der Waals surface area (Å²) in [5, 5.41) is 6.70. The Morgan fingerprint density at radius 3 is 2.33 bits per heavy atom. The monoisotopic (exact) mass is 384 g/mol. The van der Waals surface area contributed by atoms with Crippen LogP contribution in [0, 0.1) is 11.3 Å². The highest BCUT2D eigenvalue weighted by Crippen LogP contribution is 2.41. The zero-order chi connectivity index (χ0) is 19.6. The van der Waals surface area contributed by atoms with Gasteiger partial charge in [-0.25, -0.2) is 0 Å². The van der Waals surface area contributed by atoms with Crippen LogP contribution in [0.1, 0.15) is 55.6 Å². The van der Waals surface area contributed by atoms with Crippen molar-refractivity contribution in [3.63, 3.8) is 0 Å². The maximum absolute atomic E-state index is 12.8. The Labute approximate surface area is 165 Å². The van der Waals surface area contributed by atoms with E-state index in [1.165, 1.54) is 0 Å². The molecule has 1 aliphatic rings. The van der Waals surface area contributed by atoms with Crippen LogP contribution in [0.15, 0.2) is 48.5 Å². The van der Waals surface area contributed by atoms with E-state index in [1.807, 2.05) is 45.0 Å². The van der Waals surface area contributed by atoms with Gasteiger partial charge in [0.05, 0.1) is 6.04 Å². The van der Waals surface area contributed by atoms with Gasteiger partial charge in [0.25, 0.3) is 5.91 Å². The minimum Gasteiger partial charge on any atom is -0.345 e. The van der Waals surface area contributed by atoms with Crippen LogP contribution in [0.3, 0.4) is 0 Å². The van der Waals surface area contributed by atoms with Gasteiger partial charge in [0.2, 0.25) is 5.91 Å². The molecule has 5 heteroatoms. The fraction of sp³-hybridized carbons (Fsp3) is 0.364. The second-order valence-corrected chi connectivity index (χ2v) is 8.56. The molecule has 2 aromatic carbocycles. The van der Waals surface area contributed by atoms with Gasteiger partial charge in [0, 0.05) is 21.7 Å². The van der Waals surface area contributed by atoms with Gasteiger partial charge >= 0.3 is 0 Å². The Morgan fingerprint density at radius 2 is 1.74 bits per heavy atom. The molecule has 3 rings (SSSR count). The third kappa shape index (κ3) is 5.10. The minimum atomic E-state index is -0.496. The van der Waals surface area contributed by atoms with Crippen LogP contribution < -0.4 is 10.6 Å². The zero-order valence-electron chi connectivity index (χ0n) is 15.9. The molecule has 142 valence electrons. The number of carbonyl (C=O) groups is 2. The van der Waals surface area contributed by atoms with Crippen LogP contribution in [-0.4, -0.2) is 11.8 Å². The van der Waals surface area contributed by atoms with Crippen molar-refractivity contribution in [2.75, 3.05) is 5.32 Å². The normalized spacial score (nSPS) is 15.1. The van der Waals surface area contributed by atoms with Gasteiger partial charge in [-0.05, 0) is 54.7 Å². The number of hydrogen-bond donors (Lipinski definition) is 2. The number of rotatable bonds is 5. The summed E-state index contributed by atoms with van der Waals surface area (Å²) in [7, 11) is 0. The summed E-state index contributed by atoms with van der Waals surface area (Å²) in [6.07, 6.45) is 2.21. The highest BCUT2D eigenvalue weighted by molar-refractivity contribution is 6.30. The van der Waals surface area contributed by atoms with Crippen molar-refractivity contribution in [3.8, 4) is 0 Å². The molecule has 2 amide bonds. The molecule has 4 nitrogen and oxygen atoms in total. The molecule has 1 saturated carbocycles. The molecule has 0 aromatic heterocycles. The Kier molecular flexibility index (Phi) is 5.56. The first-order chi connectivity index (χ1) is 12.7. The van der Waals surface area contributed by atoms with Gasteiger partial charge in [-0.2, -0.15) is 0 Å². The molecule has 0 spiro atoms. The van der Waals surface area contributed by atoms with Crippen molar-refractivity contribution in [1.82, 2.24) is 5.32 Å². The van der Waals surface area contributed by atoms with Crippen molar-refractivity contribution >= 4 is 29.1 Å². The van der Waals surface area contributed by atoms with Crippen LogP contribution in [0.4, 0.5) is 5.69 Å². The second kappa shape index (κ2) is 7.73. The number of nitrogens with one attached hydrogen (secondary N) is 2. The maximum atomic E-state index is 12.8. The molecule has 0 heterocycles. The van der Waals surface area contributed by atoms with Crippen LogP contribution in [0.5, 0.6) is 0 Å². The molecular formula is C22H25ClN2O2. The molecule has 0 saturated heterocycles. The number of amides is 2. The molecule has 0 bridgehead atoms. The quantitative estimate of drug-likeness (QED) is 0.743. The lowest BCUT2D eigenvalue weighted by atomic mass is 9.95. The van der Waals surface area contributed by atoms with Crippen LogP contribution in [-0.2, 0) is 4.79 Å². The Hall–Kier alpha value is -2.33. The van der Waals surface area contributed by atoms with Gasteiger partial charge in [0.1, 0.15) is 0 Å². The van der Waals surface area contributed by atoms with E-state index in [0.29, 0.717) is 22.2 Å². The van der Waals surface area contributed by atoms with Crippen molar-refractivity contribution in [1.29, 1.82) is 0 Å². The molecule has 1 unspecified atom stereocenters. The summed E-state index contributed by atoms with van der Waals surface area (Å²) >= 11 is 5.98. The van der Waals surface area contributed by atoms with E-state index < -0.39 is 5.41 Å². The smallest absolute Gasteiger partial charge is 0.251 e. The first kappa shape index (κ1) is 19.4. The molecule has 1 fully saturated rings. The average molecular weight is 385 g/mol. The lowest BCUT2D eigenvalue weighted by Gasteiger charge is -2.20. The van der Waals surface area contributed by atoms with Crippen LogP contribution in [0.25, 0.3) is 0 Å². The van der Waals surface area contributed by atoms with E-state index in [1.54, 1.807) is 24.3 Å². The zero-order valence-corrected chi connectivity index (χ0v) is 16.6. The van der Waals surface area contributed by atoms with Crippen molar-refractivity contribution in [2.45, 2.75) is 39.7 Å². The summed E-state index contributed by atoms with van der Waals surface area (Å²) in [6, 6.07) is 14.6. The summed E-state index contributed by atoms with van der Waals surface area (Å²) < 4.78 is 0. The molecule has 2 N–H and O–H groups in total. The summed E-state index contributed by atoms with van der Waals surface area (Å²) in [5.74, 6) is 0.227. The van der Waals surface area contributed by atoms with Crippen LogP contribution >= 0.6 is 11.6 Å². The Bertz CT molecular complexity index is 836. The van der Waals surface area contributed by atoms with Gasteiger partial charge in [0.15, 0.2) is 0 Å². The molecule has 0 aliphatic heterocycles. The maximum Gasteiger partial charge on any atom is 0.251 e.